The van der Waals surface area contributed by atoms with Gasteiger partial charge < -0.3 is 15.0 Å². The van der Waals surface area contributed by atoms with Gasteiger partial charge in [-0.05, 0) is 38.0 Å². The Morgan fingerprint density at radius 3 is 3.00 bits per heavy atom. The molecule has 0 unspecified atom stereocenters. The first kappa shape index (κ1) is 11.5. The number of ether oxygens (including phenoxy) is 1. The van der Waals surface area contributed by atoms with Crippen LogP contribution in [0.15, 0.2) is 18.2 Å². The Labute approximate surface area is 107 Å². The topological polar surface area (TPSA) is 53.1 Å². The summed E-state index contributed by atoms with van der Waals surface area (Å²) in [6.07, 6.45) is 2.51. The molecule has 1 fully saturated rings. The Bertz CT molecular complexity index is 557. The van der Waals surface area contributed by atoms with Crippen LogP contribution in [-0.2, 0) is 11.3 Å². The van der Waals surface area contributed by atoms with Crippen molar-refractivity contribution in [2.24, 2.45) is 0 Å². The molecule has 0 aliphatic heterocycles. The highest BCUT2D eigenvalue weighted by atomic mass is 16.5. The number of nitrogen functional groups attached to an aromatic ring is 1. The Hall–Kier alpha value is -1.55. The van der Waals surface area contributed by atoms with E-state index < -0.39 is 0 Å². The Balaban J connectivity index is 1.99. The van der Waals surface area contributed by atoms with Gasteiger partial charge in [-0.1, -0.05) is 0 Å². The van der Waals surface area contributed by atoms with Crippen molar-refractivity contribution in [1.29, 1.82) is 0 Å². The second kappa shape index (κ2) is 4.61. The number of hydrogen-bond acceptors (Lipinski definition) is 3. The zero-order chi connectivity index (χ0) is 12.5. The van der Waals surface area contributed by atoms with Crippen molar-refractivity contribution in [1.82, 2.24) is 9.55 Å². The predicted octanol–water partition coefficient (Wildman–Crippen LogP) is 2.53. The summed E-state index contributed by atoms with van der Waals surface area (Å²) in [6, 6.07) is 5.96. The van der Waals surface area contributed by atoms with Gasteiger partial charge in [0.15, 0.2) is 0 Å². The van der Waals surface area contributed by atoms with Gasteiger partial charge in [-0.25, -0.2) is 4.98 Å². The third-order valence-electron chi connectivity index (χ3n) is 3.41. The molecule has 1 heterocycles. The Morgan fingerprint density at radius 2 is 2.28 bits per heavy atom. The van der Waals surface area contributed by atoms with E-state index in [-0.39, 0.29) is 0 Å². The molecule has 0 spiro atoms. The number of anilines is 1. The highest BCUT2D eigenvalue weighted by Gasteiger charge is 2.29. The summed E-state index contributed by atoms with van der Waals surface area (Å²) in [4.78, 5) is 4.74. The smallest absolute Gasteiger partial charge is 0.113 e. The van der Waals surface area contributed by atoms with Crippen molar-refractivity contribution in [3.05, 3.63) is 24.0 Å². The molecule has 2 N–H and O–H groups in total. The van der Waals surface area contributed by atoms with Crippen LogP contribution in [0.25, 0.3) is 11.0 Å². The minimum Gasteiger partial charge on any atom is -0.399 e. The van der Waals surface area contributed by atoms with Crippen LogP contribution in [0.1, 0.15) is 31.5 Å². The molecule has 1 aliphatic carbocycles. The summed E-state index contributed by atoms with van der Waals surface area (Å²) in [6.45, 7) is 4.40. The van der Waals surface area contributed by atoms with E-state index in [0.29, 0.717) is 5.92 Å². The molecule has 0 atom stereocenters. The lowest BCUT2D eigenvalue weighted by Crippen LogP contribution is -2.08. The molecule has 96 valence electrons. The van der Waals surface area contributed by atoms with Crippen LogP contribution < -0.4 is 5.73 Å². The highest BCUT2D eigenvalue weighted by Crippen LogP contribution is 2.40. The SMILES string of the molecule is CCOCCn1c(C2CC2)nc2cc(N)ccc21. The van der Waals surface area contributed by atoms with Gasteiger partial charge >= 0.3 is 0 Å². The first-order valence-corrected chi connectivity index (χ1v) is 6.63. The summed E-state index contributed by atoms with van der Waals surface area (Å²) < 4.78 is 7.76. The van der Waals surface area contributed by atoms with Crippen molar-refractivity contribution in [3.8, 4) is 0 Å². The maximum Gasteiger partial charge on any atom is 0.113 e. The summed E-state index contributed by atoms with van der Waals surface area (Å²) in [5.41, 5.74) is 8.78. The zero-order valence-corrected chi connectivity index (χ0v) is 10.7. The molecule has 0 radical (unpaired) electrons. The summed E-state index contributed by atoms with van der Waals surface area (Å²) in [5.74, 6) is 1.84. The van der Waals surface area contributed by atoms with Crippen molar-refractivity contribution in [2.45, 2.75) is 32.2 Å². The van der Waals surface area contributed by atoms with E-state index in [1.165, 1.54) is 24.2 Å². The summed E-state index contributed by atoms with van der Waals surface area (Å²) in [7, 11) is 0. The fraction of sp³-hybridized carbons (Fsp3) is 0.500. The number of imidazole rings is 1. The minimum atomic E-state index is 0.639. The number of benzene rings is 1. The van der Waals surface area contributed by atoms with Crippen molar-refractivity contribution in [3.63, 3.8) is 0 Å². The summed E-state index contributed by atoms with van der Waals surface area (Å²) >= 11 is 0. The van der Waals surface area contributed by atoms with Gasteiger partial charge in [-0.15, -0.1) is 0 Å². The molecule has 0 saturated heterocycles. The van der Waals surface area contributed by atoms with Gasteiger partial charge in [0.25, 0.3) is 0 Å². The number of nitrogens with two attached hydrogens (primary N) is 1. The van der Waals surface area contributed by atoms with E-state index in [2.05, 4.69) is 10.6 Å². The molecule has 2 aromatic rings. The van der Waals surface area contributed by atoms with Crippen LogP contribution >= 0.6 is 0 Å². The van der Waals surface area contributed by atoms with E-state index >= 15 is 0 Å². The molecule has 4 nitrogen and oxygen atoms in total. The minimum absolute atomic E-state index is 0.639. The van der Waals surface area contributed by atoms with Crippen LogP contribution in [0, 0.1) is 0 Å². The number of nitrogens with zero attached hydrogens (tertiary/aromatic N) is 2. The Kier molecular flexibility index (Phi) is 2.96. The average molecular weight is 245 g/mol. The quantitative estimate of drug-likeness (QED) is 0.650. The predicted molar refractivity (Wildman–Crippen MR) is 72.6 cm³/mol. The third-order valence-corrected chi connectivity index (χ3v) is 3.41. The fourth-order valence-corrected chi connectivity index (χ4v) is 2.35. The molecule has 0 bridgehead atoms. The van der Waals surface area contributed by atoms with E-state index in [9.17, 15) is 0 Å². The number of aromatic nitrogens is 2. The summed E-state index contributed by atoms with van der Waals surface area (Å²) in [5, 5.41) is 0. The van der Waals surface area contributed by atoms with Crippen LogP contribution in [0.2, 0.25) is 0 Å². The lowest BCUT2D eigenvalue weighted by atomic mass is 10.3. The van der Waals surface area contributed by atoms with Gasteiger partial charge in [0.1, 0.15) is 5.82 Å². The largest absolute Gasteiger partial charge is 0.399 e. The molecular formula is C14H19N3O. The number of hydrogen-bond donors (Lipinski definition) is 1. The van der Waals surface area contributed by atoms with Crippen LogP contribution in [0.3, 0.4) is 0 Å². The second-order valence-electron chi connectivity index (χ2n) is 4.84. The van der Waals surface area contributed by atoms with Crippen molar-refractivity contribution in [2.75, 3.05) is 18.9 Å². The van der Waals surface area contributed by atoms with E-state index in [4.69, 9.17) is 15.5 Å². The van der Waals surface area contributed by atoms with Crippen LogP contribution in [0.5, 0.6) is 0 Å². The van der Waals surface area contributed by atoms with Gasteiger partial charge in [-0.3, -0.25) is 0 Å². The monoisotopic (exact) mass is 245 g/mol. The van der Waals surface area contributed by atoms with Gasteiger partial charge in [0.05, 0.1) is 17.6 Å². The first-order chi connectivity index (χ1) is 8.79. The van der Waals surface area contributed by atoms with E-state index in [1.807, 2.05) is 19.1 Å². The average Bonchev–Trinajstić information content (AvgIpc) is 3.13. The van der Waals surface area contributed by atoms with E-state index in [1.54, 1.807) is 0 Å². The first-order valence-electron chi connectivity index (χ1n) is 6.63. The van der Waals surface area contributed by atoms with Gasteiger partial charge in [0.2, 0.25) is 0 Å². The van der Waals surface area contributed by atoms with Gasteiger partial charge in [0, 0.05) is 24.8 Å². The van der Waals surface area contributed by atoms with Crippen LogP contribution in [0.4, 0.5) is 5.69 Å². The molecule has 1 aliphatic rings. The molecule has 3 rings (SSSR count). The molecule has 18 heavy (non-hydrogen) atoms. The number of rotatable bonds is 5. The third kappa shape index (κ3) is 2.08. The lowest BCUT2D eigenvalue weighted by molar-refractivity contribution is 0.139. The highest BCUT2D eigenvalue weighted by molar-refractivity contribution is 5.79. The normalized spacial score (nSPS) is 15.4. The second-order valence-corrected chi connectivity index (χ2v) is 4.84. The fourth-order valence-electron chi connectivity index (χ4n) is 2.35. The molecule has 1 aromatic heterocycles. The molecule has 4 heteroatoms. The molecule has 1 saturated carbocycles. The van der Waals surface area contributed by atoms with E-state index in [0.717, 1.165) is 31.0 Å². The maximum absolute atomic E-state index is 5.82. The van der Waals surface area contributed by atoms with Crippen molar-refractivity contribution < 1.29 is 4.74 Å². The molecule has 0 amide bonds. The zero-order valence-electron chi connectivity index (χ0n) is 10.7. The maximum atomic E-state index is 5.82. The molecule has 1 aromatic carbocycles. The standard InChI is InChI=1S/C14H19N3O/c1-2-18-8-7-17-13-6-5-11(15)9-12(13)16-14(17)10-3-4-10/h5-6,9-10H,2-4,7-8,15H2,1H3. The lowest BCUT2D eigenvalue weighted by Gasteiger charge is -2.08. The van der Waals surface area contributed by atoms with Gasteiger partial charge in [-0.2, -0.15) is 0 Å². The number of fused-ring (bicyclic) bond motifs is 1. The van der Waals surface area contributed by atoms with Crippen molar-refractivity contribution >= 4 is 16.7 Å². The van der Waals surface area contributed by atoms with Crippen LogP contribution in [-0.4, -0.2) is 22.8 Å². The molecular weight excluding hydrogens is 226 g/mol. The Morgan fingerprint density at radius 1 is 1.44 bits per heavy atom.